The van der Waals surface area contributed by atoms with Crippen LogP contribution in [-0.2, 0) is 4.79 Å². The summed E-state index contributed by atoms with van der Waals surface area (Å²) in [7, 11) is 0. The lowest BCUT2D eigenvalue weighted by Gasteiger charge is -2.16. The summed E-state index contributed by atoms with van der Waals surface area (Å²) in [5.41, 5.74) is 0.128. The molecule has 17 heavy (non-hydrogen) atoms. The second-order valence-electron chi connectivity index (χ2n) is 3.54. The van der Waals surface area contributed by atoms with Crippen molar-refractivity contribution in [2.45, 2.75) is 18.6 Å². The summed E-state index contributed by atoms with van der Waals surface area (Å²) in [5.74, 6) is -2.40. The quantitative estimate of drug-likeness (QED) is 0.586. The van der Waals surface area contributed by atoms with Crippen LogP contribution in [0.15, 0.2) is 24.3 Å². The number of aliphatic carboxylic acids is 1. The van der Waals surface area contributed by atoms with E-state index < -0.39 is 30.6 Å². The third-order valence-electron chi connectivity index (χ3n) is 2.22. The molecular weight excluding hydrogens is 228 g/mol. The maximum Gasteiger partial charge on any atom is 0.335 e. The molecule has 0 saturated carbocycles. The van der Waals surface area contributed by atoms with Crippen LogP contribution in [0.3, 0.4) is 0 Å². The fourth-order valence-corrected chi connectivity index (χ4v) is 1.37. The average Bonchev–Trinajstić information content (AvgIpc) is 2.27. The van der Waals surface area contributed by atoms with E-state index in [2.05, 4.69) is 0 Å². The molecule has 1 aromatic carbocycles. The minimum atomic E-state index is -1.48. The summed E-state index contributed by atoms with van der Waals surface area (Å²) in [6, 6.07) is 5.36. The predicted molar refractivity (Wildman–Crippen MR) is 56.6 cm³/mol. The summed E-state index contributed by atoms with van der Waals surface area (Å²) in [6.45, 7) is 0. The lowest BCUT2D eigenvalue weighted by atomic mass is 10.0. The number of carbonyl (C=O) groups is 2. The Morgan fingerprint density at radius 1 is 1.18 bits per heavy atom. The summed E-state index contributed by atoms with van der Waals surface area (Å²) in [6.07, 6.45) is -3.51. The fourth-order valence-electron chi connectivity index (χ4n) is 1.37. The van der Waals surface area contributed by atoms with Crippen LogP contribution in [0, 0.1) is 0 Å². The second-order valence-corrected chi connectivity index (χ2v) is 3.54. The normalized spacial score (nSPS) is 14.0. The number of aliphatic hydroxyl groups excluding tert-OH is 2. The molecule has 0 aliphatic carbocycles. The molecule has 0 aliphatic rings. The molecule has 1 aromatic rings. The van der Waals surface area contributed by atoms with Gasteiger partial charge in [-0.1, -0.05) is 12.1 Å². The van der Waals surface area contributed by atoms with Crippen LogP contribution in [0.5, 0.6) is 0 Å². The molecule has 0 bridgehead atoms. The zero-order valence-electron chi connectivity index (χ0n) is 8.78. The van der Waals surface area contributed by atoms with Gasteiger partial charge in [-0.2, -0.15) is 0 Å². The van der Waals surface area contributed by atoms with Gasteiger partial charge in [0.1, 0.15) is 6.10 Å². The van der Waals surface area contributed by atoms with Crippen molar-refractivity contribution in [1.29, 1.82) is 0 Å². The van der Waals surface area contributed by atoms with Crippen molar-refractivity contribution in [3.8, 4) is 0 Å². The van der Waals surface area contributed by atoms with Gasteiger partial charge in [-0.3, -0.25) is 4.79 Å². The highest BCUT2D eigenvalue weighted by molar-refractivity contribution is 5.87. The first-order valence-corrected chi connectivity index (χ1v) is 4.83. The van der Waals surface area contributed by atoms with E-state index in [0.29, 0.717) is 0 Å². The number of aliphatic hydroxyl groups is 2. The average molecular weight is 240 g/mol. The van der Waals surface area contributed by atoms with E-state index in [-0.39, 0.29) is 11.1 Å². The van der Waals surface area contributed by atoms with Crippen LogP contribution in [0.4, 0.5) is 0 Å². The molecule has 0 heterocycles. The fraction of sp³-hybridized carbons (Fsp3) is 0.273. The zero-order chi connectivity index (χ0) is 13.0. The van der Waals surface area contributed by atoms with Gasteiger partial charge in [0.05, 0.1) is 18.1 Å². The summed E-state index contributed by atoms with van der Waals surface area (Å²) >= 11 is 0. The Kier molecular flexibility index (Phi) is 4.19. The summed E-state index contributed by atoms with van der Waals surface area (Å²) in [5, 5.41) is 36.2. The van der Waals surface area contributed by atoms with Crippen LogP contribution in [0.2, 0.25) is 0 Å². The third-order valence-corrected chi connectivity index (χ3v) is 2.22. The second kappa shape index (κ2) is 5.42. The van der Waals surface area contributed by atoms with E-state index in [1.165, 1.54) is 24.3 Å². The maximum absolute atomic E-state index is 10.7. The zero-order valence-corrected chi connectivity index (χ0v) is 8.78. The highest BCUT2D eigenvalue weighted by Gasteiger charge is 2.21. The third kappa shape index (κ3) is 3.54. The van der Waals surface area contributed by atoms with Gasteiger partial charge >= 0.3 is 11.9 Å². The van der Waals surface area contributed by atoms with Gasteiger partial charge < -0.3 is 20.4 Å². The number of hydrogen-bond donors (Lipinski definition) is 4. The van der Waals surface area contributed by atoms with Gasteiger partial charge in [0.25, 0.3) is 0 Å². The molecular formula is C11H12O6. The molecule has 0 radical (unpaired) electrons. The molecule has 92 valence electrons. The molecule has 4 N–H and O–H groups in total. The molecule has 0 fully saturated rings. The van der Waals surface area contributed by atoms with Gasteiger partial charge in [0.2, 0.25) is 0 Å². The van der Waals surface area contributed by atoms with Crippen molar-refractivity contribution >= 4 is 11.9 Å². The number of benzene rings is 1. The monoisotopic (exact) mass is 240 g/mol. The van der Waals surface area contributed by atoms with E-state index in [4.69, 9.17) is 10.2 Å². The Hall–Kier alpha value is -1.92. The molecule has 0 aromatic heterocycles. The number of aromatic carboxylic acids is 1. The van der Waals surface area contributed by atoms with Gasteiger partial charge in [-0.25, -0.2) is 4.79 Å². The molecule has 1 rings (SSSR count). The number of hydrogen-bond acceptors (Lipinski definition) is 4. The van der Waals surface area contributed by atoms with Crippen LogP contribution in [0.25, 0.3) is 0 Å². The minimum absolute atomic E-state index is 0.0379. The first-order valence-electron chi connectivity index (χ1n) is 4.83. The van der Waals surface area contributed by atoms with Crippen molar-refractivity contribution in [3.05, 3.63) is 35.4 Å². The van der Waals surface area contributed by atoms with Crippen LogP contribution < -0.4 is 0 Å². The van der Waals surface area contributed by atoms with E-state index in [1.807, 2.05) is 0 Å². The van der Waals surface area contributed by atoms with Crippen LogP contribution in [0.1, 0.15) is 28.4 Å². The molecule has 6 nitrogen and oxygen atoms in total. The number of rotatable bonds is 5. The van der Waals surface area contributed by atoms with Crippen LogP contribution in [-0.4, -0.2) is 38.5 Å². The first kappa shape index (κ1) is 13.1. The lowest BCUT2D eigenvalue weighted by Crippen LogP contribution is -2.22. The molecule has 0 spiro atoms. The standard InChI is InChI=1S/C11H12O6/c12-8(5-9(13)14)10(15)6-2-1-3-7(4-6)11(16)17/h1-4,8,10,12,15H,5H2,(H,13,14)(H,16,17). The summed E-state index contributed by atoms with van der Waals surface area (Å²) < 4.78 is 0. The Bertz CT molecular complexity index is 428. The number of carboxylic acids is 2. The van der Waals surface area contributed by atoms with Crippen molar-refractivity contribution < 1.29 is 30.0 Å². The van der Waals surface area contributed by atoms with Crippen molar-refractivity contribution in [3.63, 3.8) is 0 Å². The topological polar surface area (TPSA) is 115 Å². The Labute approximate surface area is 96.8 Å². The van der Waals surface area contributed by atoms with E-state index >= 15 is 0 Å². The SMILES string of the molecule is O=C(O)CC(O)C(O)c1cccc(C(=O)O)c1. The van der Waals surface area contributed by atoms with E-state index in [0.717, 1.165) is 0 Å². The Morgan fingerprint density at radius 3 is 2.35 bits per heavy atom. The predicted octanol–water partition coefficient (Wildman–Crippen LogP) is 0.254. The van der Waals surface area contributed by atoms with E-state index in [9.17, 15) is 19.8 Å². The lowest BCUT2D eigenvalue weighted by molar-refractivity contribution is -0.141. The smallest absolute Gasteiger partial charge is 0.335 e. The van der Waals surface area contributed by atoms with Gasteiger partial charge in [0, 0.05) is 0 Å². The molecule has 0 saturated heterocycles. The van der Waals surface area contributed by atoms with Gasteiger partial charge in [-0.05, 0) is 17.7 Å². The summed E-state index contributed by atoms with van der Waals surface area (Å²) in [4.78, 5) is 21.0. The van der Waals surface area contributed by atoms with Crippen molar-refractivity contribution in [1.82, 2.24) is 0 Å². The highest BCUT2D eigenvalue weighted by Crippen LogP contribution is 2.20. The molecule has 6 heteroatoms. The van der Waals surface area contributed by atoms with Crippen molar-refractivity contribution in [2.75, 3.05) is 0 Å². The minimum Gasteiger partial charge on any atom is -0.481 e. The molecule has 2 atom stereocenters. The highest BCUT2D eigenvalue weighted by atomic mass is 16.4. The first-order chi connectivity index (χ1) is 7.91. The Balaban J connectivity index is 2.88. The largest absolute Gasteiger partial charge is 0.481 e. The molecule has 2 unspecified atom stereocenters. The van der Waals surface area contributed by atoms with E-state index in [1.54, 1.807) is 0 Å². The number of carboxylic acid groups (broad SMARTS) is 2. The van der Waals surface area contributed by atoms with Gasteiger partial charge in [0.15, 0.2) is 0 Å². The van der Waals surface area contributed by atoms with Gasteiger partial charge in [-0.15, -0.1) is 0 Å². The van der Waals surface area contributed by atoms with Crippen molar-refractivity contribution in [2.24, 2.45) is 0 Å². The molecule has 0 amide bonds. The maximum atomic E-state index is 10.7. The molecule has 0 aliphatic heterocycles. The van der Waals surface area contributed by atoms with Crippen LogP contribution >= 0.6 is 0 Å². The Morgan fingerprint density at radius 2 is 1.82 bits per heavy atom.